The number of hydrogen-bond acceptors (Lipinski definition) is 2. The molecule has 1 heterocycles. The van der Waals surface area contributed by atoms with E-state index < -0.39 is 0 Å². The molecule has 1 rings (SSSR count). The summed E-state index contributed by atoms with van der Waals surface area (Å²) in [5.41, 5.74) is 0. The fourth-order valence-electron chi connectivity index (χ4n) is 1.08. The van der Waals surface area contributed by atoms with E-state index in [9.17, 15) is 0 Å². The number of hydrogen-bond donors (Lipinski definition) is 1. The van der Waals surface area contributed by atoms with Crippen LogP contribution < -0.4 is 0 Å². The summed E-state index contributed by atoms with van der Waals surface area (Å²) in [5.74, 6) is 0.478. The molecule has 0 radical (unpaired) electrons. The second-order valence-electron chi connectivity index (χ2n) is 2.72. The second kappa shape index (κ2) is 4.48. The van der Waals surface area contributed by atoms with Crippen LogP contribution in [0.3, 0.4) is 0 Å². The molecule has 12 heavy (non-hydrogen) atoms. The fourth-order valence-corrected chi connectivity index (χ4v) is 1.19. The SMILES string of the molecule is C/C(Cl)=C\C(=N)N1CCOCC1. The number of nitrogens with one attached hydrogen (secondary N) is 1. The average Bonchev–Trinajstić information content (AvgIpc) is 2.05. The zero-order chi connectivity index (χ0) is 8.97. The molecule has 1 saturated heterocycles. The maximum absolute atomic E-state index is 7.62. The molecule has 1 fully saturated rings. The number of morpholine rings is 1. The van der Waals surface area contributed by atoms with Gasteiger partial charge in [0.15, 0.2) is 0 Å². The topological polar surface area (TPSA) is 36.3 Å². The summed E-state index contributed by atoms with van der Waals surface area (Å²) in [6.45, 7) is 4.77. The first-order valence-corrected chi connectivity index (χ1v) is 4.33. The van der Waals surface area contributed by atoms with Crippen LogP contribution in [0.2, 0.25) is 0 Å². The molecule has 1 N–H and O–H groups in total. The van der Waals surface area contributed by atoms with Gasteiger partial charge in [-0.05, 0) is 13.0 Å². The number of rotatable bonds is 1. The predicted octanol–water partition coefficient (Wildman–Crippen LogP) is 1.44. The molecular weight excluding hydrogens is 176 g/mol. The van der Waals surface area contributed by atoms with Crippen molar-refractivity contribution in [2.75, 3.05) is 26.3 Å². The van der Waals surface area contributed by atoms with E-state index in [2.05, 4.69) is 0 Å². The number of amidine groups is 1. The van der Waals surface area contributed by atoms with Gasteiger partial charge in [-0.15, -0.1) is 0 Å². The van der Waals surface area contributed by atoms with Crippen molar-refractivity contribution in [1.29, 1.82) is 5.41 Å². The fraction of sp³-hybridized carbons (Fsp3) is 0.625. The lowest BCUT2D eigenvalue weighted by atomic mass is 10.3. The molecule has 4 heteroatoms. The van der Waals surface area contributed by atoms with Crippen LogP contribution in [0.5, 0.6) is 0 Å². The highest BCUT2D eigenvalue weighted by atomic mass is 35.5. The minimum absolute atomic E-state index is 0.478. The van der Waals surface area contributed by atoms with Crippen molar-refractivity contribution >= 4 is 17.4 Å². The normalized spacial score (nSPS) is 19.5. The second-order valence-corrected chi connectivity index (χ2v) is 3.31. The van der Waals surface area contributed by atoms with Gasteiger partial charge in [-0.1, -0.05) is 11.6 Å². The van der Waals surface area contributed by atoms with Gasteiger partial charge in [-0.3, -0.25) is 5.41 Å². The highest BCUT2D eigenvalue weighted by Crippen LogP contribution is 2.03. The zero-order valence-electron chi connectivity index (χ0n) is 7.14. The van der Waals surface area contributed by atoms with E-state index in [0.717, 1.165) is 13.1 Å². The molecule has 0 unspecified atom stereocenters. The van der Waals surface area contributed by atoms with Crippen LogP contribution >= 0.6 is 11.6 Å². The van der Waals surface area contributed by atoms with Crippen molar-refractivity contribution in [3.8, 4) is 0 Å². The van der Waals surface area contributed by atoms with Crippen LogP contribution in [-0.2, 0) is 4.74 Å². The Morgan fingerprint density at radius 1 is 1.50 bits per heavy atom. The first-order valence-electron chi connectivity index (χ1n) is 3.95. The van der Waals surface area contributed by atoms with Gasteiger partial charge in [-0.2, -0.15) is 0 Å². The Labute approximate surface area is 77.5 Å². The lowest BCUT2D eigenvalue weighted by Crippen LogP contribution is -2.39. The van der Waals surface area contributed by atoms with Crippen molar-refractivity contribution < 1.29 is 4.74 Å². The van der Waals surface area contributed by atoms with Gasteiger partial charge < -0.3 is 9.64 Å². The van der Waals surface area contributed by atoms with Crippen molar-refractivity contribution in [2.45, 2.75) is 6.92 Å². The molecule has 0 bridgehead atoms. The summed E-state index contributed by atoms with van der Waals surface area (Å²) >= 11 is 5.65. The van der Waals surface area contributed by atoms with Crippen LogP contribution in [0, 0.1) is 5.41 Å². The standard InChI is InChI=1S/C8H13ClN2O/c1-7(9)6-8(10)11-2-4-12-5-3-11/h6,10H,2-5H2,1H3/b7-6+,10-8?. The van der Waals surface area contributed by atoms with E-state index in [0.29, 0.717) is 24.1 Å². The van der Waals surface area contributed by atoms with Crippen LogP contribution in [-0.4, -0.2) is 37.0 Å². The third kappa shape index (κ3) is 2.83. The smallest absolute Gasteiger partial charge is 0.121 e. The highest BCUT2D eigenvalue weighted by Gasteiger charge is 2.11. The minimum Gasteiger partial charge on any atom is -0.378 e. The summed E-state index contributed by atoms with van der Waals surface area (Å²) < 4.78 is 5.16. The summed E-state index contributed by atoms with van der Waals surface area (Å²) in [4.78, 5) is 1.95. The Balaban J connectivity index is 2.45. The van der Waals surface area contributed by atoms with E-state index in [-0.39, 0.29) is 0 Å². The molecule has 68 valence electrons. The predicted molar refractivity (Wildman–Crippen MR) is 49.7 cm³/mol. The van der Waals surface area contributed by atoms with Gasteiger partial charge in [0.2, 0.25) is 0 Å². The maximum Gasteiger partial charge on any atom is 0.121 e. The first-order chi connectivity index (χ1) is 5.70. The molecule has 1 aliphatic rings. The van der Waals surface area contributed by atoms with Crippen LogP contribution in [0.1, 0.15) is 6.92 Å². The zero-order valence-corrected chi connectivity index (χ0v) is 7.90. The van der Waals surface area contributed by atoms with Crippen molar-refractivity contribution in [2.24, 2.45) is 0 Å². The quantitative estimate of drug-likeness (QED) is 0.500. The molecule has 0 amide bonds. The number of halogens is 1. The van der Waals surface area contributed by atoms with Crippen LogP contribution in [0.15, 0.2) is 11.1 Å². The molecule has 0 atom stereocenters. The van der Waals surface area contributed by atoms with Crippen LogP contribution in [0.4, 0.5) is 0 Å². The molecule has 0 aromatic rings. The Bertz CT molecular complexity index is 193. The van der Waals surface area contributed by atoms with Crippen LogP contribution in [0.25, 0.3) is 0 Å². The molecule has 0 aromatic heterocycles. The van der Waals surface area contributed by atoms with E-state index >= 15 is 0 Å². The molecule has 0 aliphatic carbocycles. The van der Waals surface area contributed by atoms with Gasteiger partial charge in [0.25, 0.3) is 0 Å². The van der Waals surface area contributed by atoms with E-state index in [1.54, 1.807) is 13.0 Å². The Morgan fingerprint density at radius 3 is 2.58 bits per heavy atom. The van der Waals surface area contributed by atoms with Gasteiger partial charge >= 0.3 is 0 Å². The Kier molecular flexibility index (Phi) is 3.56. The molecule has 0 saturated carbocycles. The molecule has 0 aromatic carbocycles. The third-order valence-electron chi connectivity index (χ3n) is 1.69. The molecule has 3 nitrogen and oxygen atoms in total. The largest absolute Gasteiger partial charge is 0.378 e. The third-order valence-corrected chi connectivity index (χ3v) is 1.80. The first kappa shape index (κ1) is 9.55. The number of allylic oxidation sites excluding steroid dienone is 1. The lowest BCUT2D eigenvalue weighted by molar-refractivity contribution is 0.0681. The molecular formula is C8H13ClN2O. The Hall–Kier alpha value is -0.540. The molecule has 0 spiro atoms. The van der Waals surface area contributed by atoms with E-state index in [1.807, 2.05) is 4.90 Å². The van der Waals surface area contributed by atoms with Gasteiger partial charge in [0, 0.05) is 18.1 Å². The average molecular weight is 189 g/mol. The van der Waals surface area contributed by atoms with Crippen molar-refractivity contribution in [3.63, 3.8) is 0 Å². The van der Waals surface area contributed by atoms with Crippen molar-refractivity contribution in [1.82, 2.24) is 4.90 Å². The van der Waals surface area contributed by atoms with Crippen molar-refractivity contribution in [3.05, 3.63) is 11.1 Å². The highest BCUT2D eigenvalue weighted by molar-refractivity contribution is 6.30. The number of ether oxygens (including phenoxy) is 1. The number of nitrogens with zero attached hydrogens (tertiary/aromatic N) is 1. The minimum atomic E-state index is 0.478. The van der Waals surface area contributed by atoms with E-state index in [4.69, 9.17) is 21.7 Å². The van der Waals surface area contributed by atoms with Gasteiger partial charge in [0.1, 0.15) is 5.84 Å². The lowest BCUT2D eigenvalue weighted by Gasteiger charge is -2.27. The summed E-state index contributed by atoms with van der Waals surface area (Å²) in [7, 11) is 0. The molecule has 1 aliphatic heterocycles. The maximum atomic E-state index is 7.62. The Morgan fingerprint density at radius 2 is 2.08 bits per heavy atom. The van der Waals surface area contributed by atoms with E-state index in [1.165, 1.54) is 0 Å². The van der Waals surface area contributed by atoms with Gasteiger partial charge in [-0.25, -0.2) is 0 Å². The summed E-state index contributed by atoms with van der Waals surface area (Å²) in [6, 6.07) is 0. The summed E-state index contributed by atoms with van der Waals surface area (Å²) in [6.07, 6.45) is 1.66. The summed E-state index contributed by atoms with van der Waals surface area (Å²) in [5, 5.41) is 8.27. The monoisotopic (exact) mass is 188 g/mol. The van der Waals surface area contributed by atoms with Gasteiger partial charge in [0.05, 0.1) is 13.2 Å².